The van der Waals surface area contributed by atoms with Gasteiger partial charge in [-0.1, -0.05) is 0 Å². The topological polar surface area (TPSA) is 62.8 Å². The number of benzene rings is 1. The number of ether oxygens (including phenoxy) is 2. The highest BCUT2D eigenvalue weighted by atomic mass is 16.5. The van der Waals surface area contributed by atoms with Crippen molar-refractivity contribution in [2.75, 3.05) is 39.2 Å². The molecule has 2 aliphatic rings. The molecule has 2 aliphatic heterocycles. The fraction of sp³-hybridized carbons (Fsp3) is 0.533. The van der Waals surface area contributed by atoms with Crippen LogP contribution in [0, 0.1) is 5.92 Å². The molecule has 6 nitrogen and oxygen atoms in total. The van der Waals surface area contributed by atoms with Crippen LogP contribution in [0.15, 0.2) is 18.2 Å². The molecule has 0 bridgehead atoms. The second-order valence-corrected chi connectivity index (χ2v) is 5.51. The summed E-state index contributed by atoms with van der Waals surface area (Å²) in [6.45, 7) is 2.65. The highest BCUT2D eigenvalue weighted by Crippen LogP contribution is 2.30. The maximum Gasteiger partial charge on any atom is 0.322 e. The van der Waals surface area contributed by atoms with Crippen molar-refractivity contribution in [3.05, 3.63) is 18.2 Å². The molecule has 6 heteroatoms. The Morgan fingerprint density at radius 2 is 2.19 bits per heavy atom. The van der Waals surface area contributed by atoms with Crippen molar-refractivity contribution in [2.45, 2.75) is 12.5 Å². The summed E-state index contributed by atoms with van der Waals surface area (Å²) in [5.74, 6) is 1.90. The molecule has 2 heterocycles. The van der Waals surface area contributed by atoms with Gasteiger partial charge in [-0.15, -0.1) is 0 Å². The second-order valence-electron chi connectivity index (χ2n) is 5.51. The number of likely N-dealkylation sites (tertiary alicyclic amines) is 1. The number of carbonyl (C=O) groups excluding carboxylic acids is 1. The first-order valence-corrected chi connectivity index (χ1v) is 7.22. The monoisotopic (exact) mass is 291 g/mol. The number of nitrogens with zero attached hydrogens (tertiary/aromatic N) is 1. The number of amides is 2. The number of methoxy groups -OCH3 is 2. The summed E-state index contributed by atoms with van der Waals surface area (Å²) in [6.07, 6.45) is 1.15. The van der Waals surface area contributed by atoms with E-state index in [1.54, 1.807) is 32.4 Å². The molecule has 0 aromatic heterocycles. The summed E-state index contributed by atoms with van der Waals surface area (Å²) < 4.78 is 10.5. The fourth-order valence-electron chi connectivity index (χ4n) is 3.12. The Labute approximate surface area is 124 Å². The summed E-state index contributed by atoms with van der Waals surface area (Å²) in [5, 5.41) is 6.36. The molecule has 0 spiro atoms. The Morgan fingerprint density at radius 3 is 2.90 bits per heavy atom. The van der Waals surface area contributed by atoms with Crippen LogP contribution in [-0.2, 0) is 0 Å². The molecule has 1 aromatic rings. The van der Waals surface area contributed by atoms with E-state index >= 15 is 0 Å². The van der Waals surface area contributed by atoms with Gasteiger partial charge in [-0.3, -0.25) is 0 Å². The molecule has 21 heavy (non-hydrogen) atoms. The van der Waals surface area contributed by atoms with Crippen LogP contribution in [0.5, 0.6) is 11.5 Å². The number of anilines is 1. The lowest BCUT2D eigenvalue weighted by Crippen LogP contribution is -2.36. The molecular weight excluding hydrogens is 270 g/mol. The van der Waals surface area contributed by atoms with Crippen LogP contribution >= 0.6 is 0 Å². The van der Waals surface area contributed by atoms with Crippen LogP contribution in [0.4, 0.5) is 10.5 Å². The molecule has 2 atom stereocenters. The van der Waals surface area contributed by atoms with Crippen LogP contribution in [0.2, 0.25) is 0 Å². The van der Waals surface area contributed by atoms with Crippen LogP contribution in [0.25, 0.3) is 0 Å². The molecule has 114 valence electrons. The van der Waals surface area contributed by atoms with Gasteiger partial charge in [-0.2, -0.15) is 0 Å². The average molecular weight is 291 g/mol. The average Bonchev–Trinajstić information content (AvgIpc) is 3.08. The minimum atomic E-state index is -0.0854. The number of urea groups is 1. The minimum Gasteiger partial charge on any atom is -0.497 e. The van der Waals surface area contributed by atoms with Gasteiger partial charge in [0.05, 0.1) is 19.9 Å². The van der Waals surface area contributed by atoms with Gasteiger partial charge in [-0.25, -0.2) is 4.79 Å². The van der Waals surface area contributed by atoms with Gasteiger partial charge >= 0.3 is 6.03 Å². The highest BCUT2D eigenvalue weighted by molar-refractivity contribution is 5.91. The molecule has 2 saturated heterocycles. The Balaban J connectivity index is 1.70. The third-order valence-electron chi connectivity index (χ3n) is 4.30. The van der Waals surface area contributed by atoms with Gasteiger partial charge in [0.25, 0.3) is 0 Å². The molecule has 0 saturated carbocycles. The minimum absolute atomic E-state index is 0.0854. The third kappa shape index (κ3) is 2.76. The Bertz CT molecular complexity index is 523. The number of fused-ring (bicyclic) bond motifs is 1. The summed E-state index contributed by atoms with van der Waals surface area (Å²) in [5.41, 5.74) is 0.631. The summed E-state index contributed by atoms with van der Waals surface area (Å²) >= 11 is 0. The van der Waals surface area contributed by atoms with E-state index in [2.05, 4.69) is 10.6 Å². The van der Waals surface area contributed by atoms with E-state index in [1.807, 2.05) is 4.90 Å². The Morgan fingerprint density at radius 1 is 1.33 bits per heavy atom. The third-order valence-corrected chi connectivity index (χ3v) is 4.30. The SMILES string of the molecule is COc1ccc(OC)c(NC(=O)N2C[C@@H]3CCN[C@@H]3C2)c1. The van der Waals surface area contributed by atoms with Crippen molar-refractivity contribution >= 4 is 11.7 Å². The highest BCUT2D eigenvalue weighted by Gasteiger charge is 2.38. The Kier molecular flexibility index (Phi) is 3.88. The van der Waals surface area contributed by atoms with Crippen molar-refractivity contribution < 1.29 is 14.3 Å². The first kappa shape index (κ1) is 14.0. The van der Waals surface area contributed by atoms with Crippen LogP contribution in [-0.4, -0.2) is 50.8 Å². The largest absolute Gasteiger partial charge is 0.497 e. The van der Waals surface area contributed by atoms with Gasteiger partial charge in [0, 0.05) is 25.2 Å². The fourth-order valence-corrected chi connectivity index (χ4v) is 3.12. The molecule has 0 aliphatic carbocycles. The molecule has 1 aromatic carbocycles. The number of hydrogen-bond acceptors (Lipinski definition) is 4. The standard InChI is InChI=1S/C15H21N3O3/c1-20-11-3-4-14(21-2)12(7-11)17-15(19)18-8-10-5-6-16-13(10)9-18/h3-4,7,10,13,16H,5-6,8-9H2,1-2H3,(H,17,19)/t10-,13+/m0/s1. The molecule has 2 amide bonds. The zero-order chi connectivity index (χ0) is 14.8. The first-order valence-electron chi connectivity index (χ1n) is 7.22. The second kappa shape index (κ2) is 5.81. The number of hydrogen-bond donors (Lipinski definition) is 2. The van der Waals surface area contributed by atoms with E-state index in [0.717, 1.165) is 26.1 Å². The van der Waals surface area contributed by atoms with E-state index in [0.29, 0.717) is 29.1 Å². The lowest BCUT2D eigenvalue weighted by Gasteiger charge is -2.19. The summed E-state index contributed by atoms with van der Waals surface area (Å²) in [7, 11) is 3.18. The summed E-state index contributed by atoms with van der Waals surface area (Å²) in [4.78, 5) is 14.3. The van der Waals surface area contributed by atoms with Crippen LogP contribution in [0.3, 0.4) is 0 Å². The molecule has 0 radical (unpaired) electrons. The lowest BCUT2D eigenvalue weighted by molar-refractivity contribution is 0.219. The maximum absolute atomic E-state index is 12.4. The number of carbonyl (C=O) groups is 1. The van der Waals surface area contributed by atoms with E-state index in [-0.39, 0.29) is 6.03 Å². The molecule has 2 fully saturated rings. The van der Waals surface area contributed by atoms with Crippen LogP contribution < -0.4 is 20.1 Å². The van der Waals surface area contributed by atoms with Gasteiger partial charge < -0.3 is 25.0 Å². The number of nitrogens with one attached hydrogen (secondary N) is 2. The van der Waals surface area contributed by atoms with Crippen LogP contribution in [0.1, 0.15) is 6.42 Å². The normalized spacial score (nSPS) is 23.8. The lowest BCUT2D eigenvalue weighted by atomic mass is 10.1. The molecule has 2 N–H and O–H groups in total. The predicted molar refractivity (Wildman–Crippen MR) is 80.0 cm³/mol. The zero-order valence-corrected chi connectivity index (χ0v) is 12.4. The van der Waals surface area contributed by atoms with E-state index in [1.165, 1.54) is 0 Å². The van der Waals surface area contributed by atoms with Gasteiger partial charge in [0.2, 0.25) is 0 Å². The number of rotatable bonds is 3. The molecular formula is C15H21N3O3. The molecule has 3 rings (SSSR count). The maximum atomic E-state index is 12.4. The van der Waals surface area contributed by atoms with Crippen molar-refractivity contribution in [3.63, 3.8) is 0 Å². The van der Waals surface area contributed by atoms with Gasteiger partial charge in [0.15, 0.2) is 0 Å². The predicted octanol–water partition coefficient (Wildman–Crippen LogP) is 1.53. The quantitative estimate of drug-likeness (QED) is 0.886. The van der Waals surface area contributed by atoms with Gasteiger partial charge in [0.1, 0.15) is 11.5 Å². The zero-order valence-electron chi connectivity index (χ0n) is 12.4. The van der Waals surface area contributed by atoms with E-state index in [4.69, 9.17) is 9.47 Å². The van der Waals surface area contributed by atoms with Crippen molar-refractivity contribution in [2.24, 2.45) is 5.92 Å². The van der Waals surface area contributed by atoms with E-state index < -0.39 is 0 Å². The molecule has 0 unspecified atom stereocenters. The Hall–Kier alpha value is -1.95. The van der Waals surface area contributed by atoms with Crippen molar-refractivity contribution in [1.82, 2.24) is 10.2 Å². The summed E-state index contributed by atoms with van der Waals surface area (Å²) in [6, 6.07) is 5.72. The van der Waals surface area contributed by atoms with Crippen molar-refractivity contribution in [1.29, 1.82) is 0 Å². The first-order chi connectivity index (χ1) is 10.2. The van der Waals surface area contributed by atoms with E-state index in [9.17, 15) is 4.79 Å². The smallest absolute Gasteiger partial charge is 0.322 e. The van der Waals surface area contributed by atoms with Gasteiger partial charge in [-0.05, 0) is 31.0 Å². The van der Waals surface area contributed by atoms with Crippen molar-refractivity contribution in [3.8, 4) is 11.5 Å².